The van der Waals surface area contributed by atoms with Gasteiger partial charge in [-0.1, -0.05) is 32.6 Å². The lowest BCUT2D eigenvalue weighted by Crippen LogP contribution is -2.23. The van der Waals surface area contributed by atoms with Gasteiger partial charge in [-0.25, -0.2) is 0 Å². The maximum atomic E-state index is 10.7. The summed E-state index contributed by atoms with van der Waals surface area (Å²) in [6, 6.07) is 0. The molecule has 0 aliphatic heterocycles. The van der Waals surface area contributed by atoms with Crippen LogP contribution < -0.4 is 0 Å². The first kappa shape index (κ1) is 11.5. The average molecular weight is 172 g/mol. The fraction of sp³-hybridized carbons (Fsp3) is 0.900. The summed E-state index contributed by atoms with van der Waals surface area (Å²) in [7, 11) is 0. The van der Waals surface area contributed by atoms with Crippen LogP contribution in [-0.4, -0.2) is 11.1 Å². The molecule has 12 heavy (non-hydrogen) atoms. The van der Waals surface area contributed by atoms with E-state index in [0.717, 1.165) is 19.3 Å². The molecule has 1 N–H and O–H groups in total. The van der Waals surface area contributed by atoms with Gasteiger partial charge in [0.15, 0.2) is 0 Å². The second-order valence-electron chi connectivity index (χ2n) is 4.00. The Kier molecular flexibility index (Phi) is 4.95. The lowest BCUT2D eigenvalue weighted by atomic mass is 9.87. The molecule has 2 heteroatoms. The van der Waals surface area contributed by atoms with Crippen LogP contribution >= 0.6 is 0 Å². The number of unbranched alkanes of at least 4 members (excludes halogenated alkanes) is 3. The Hall–Kier alpha value is -0.530. The van der Waals surface area contributed by atoms with E-state index in [2.05, 4.69) is 6.92 Å². The van der Waals surface area contributed by atoms with Gasteiger partial charge < -0.3 is 5.11 Å². The minimum absolute atomic E-state index is 0.534. The van der Waals surface area contributed by atoms with Gasteiger partial charge in [0.2, 0.25) is 0 Å². The molecule has 0 aromatic carbocycles. The van der Waals surface area contributed by atoms with Crippen LogP contribution in [0.3, 0.4) is 0 Å². The molecule has 0 atom stereocenters. The molecule has 0 fully saturated rings. The van der Waals surface area contributed by atoms with Crippen molar-refractivity contribution < 1.29 is 9.90 Å². The Bertz CT molecular complexity index is 139. The van der Waals surface area contributed by atoms with Crippen molar-refractivity contribution in [2.75, 3.05) is 0 Å². The molecular formula is C10H20O2. The van der Waals surface area contributed by atoms with Gasteiger partial charge in [-0.15, -0.1) is 0 Å². The Morgan fingerprint density at radius 3 is 2.25 bits per heavy atom. The van der Waals surface area contributed by atoms with Crippen molar-refractivity contribution in [2.45, 2.75) is 52.9 Å². The molecule has 0 spiro atoms. The van der Waals surface area contributed by atoms with Crippen molar-refractivity contribution in [3.63, 3.8) is 0 Å². The Morgan fingerprint density at radius 1 is 1.25 bits per heavy atom. The molecule has 0 aliphatic rings. The van der Waals surface area contributed by atoms with Gasteiger partial charge in [0.1, 0.15) is 0 Å². The van der Waals surface area contributed by atoms with Gasteiger partial charge in [0, 0.05) is 0 Å². The Labute approximate surface area is 75.0 Å². The second-order valence-corrected chi connectivity index (χ2v) is 4.00. The van der Waals surface area contributed by atoms with Gasteiger partial charge in [0.05, 0.1) is 5.41 Å². The topological polar surface area (TPSA) is 37.3 Å². The van der Waals surface area contributed by atoms with E-state index in [1.165, 1.54) is 12.8 Å². The average Bonchev–Trinajstić information content (AvgIpc) is 1.98. The molecule has 0 unspecified atom stereocenters. The number of aliphatic carboxylic acids is 1. The number of hydrogen-bond acceptors (Lipinski definition) is 1. The lowest BCUT2D eigenvalue weighted by Gasteiger charge is -2.18. The molecular weight excluding hydrogens is 152 g/mol. The molecule has 0 saturated carbocycles. The highest BCUT2D eigenvalue weighted by atomic mass is 16.4. The predicted octanol–water partition coefficient (Wildman–Crippen LogP) is 3.07. The standard InChI is InChI=1S/C10H20O2/c1-4-5-6-7-8-10(2,3)9(11)12/h4-8H2,1-3H3,(H,11,12). The number of carboxylic acids is 1. The molecule has 2 nitrogen and oxygen atoms in total. The highest BCUT2D eigenvalue weighted by molar-refractivity contribution is 5.73. The molecule has 0 radical (unpaired) electrons. The van der Waals surface area contributed by atoms with E-state index in [0.29, 0.717) is 0 Å². The Balaban J connectivity index is 3.54. The van der Waals surface area contributed by atoms with Crippen molar-refractivity contribution in [3.8, 4) is 0 Å². The second kappa shape index (κ2) is 5.18. The zero-order valence-electron chi connectivity index (χ0n) is 8.39. The highest BCUT2D eigenvalue weighted by Gasteiger charge is 2.25. The van der Waals surface area contributed by atoms with Gasteiger partial charge in [-0.2, -0.15) is 0 Å². The molecule has 0 aliphatic carbocycles. The molecule has 0 heterocycles. The summed E-state index contributed by atoms with van der Waals surface area (Å²) in [4.78, 5) is 10.7. The van der Waals surface area contributed by atoms with Crippen LogP contribution in [-0.2, 0) is 4.79 Å². The molecule has 0 bridgehead atoms. The van der Waals surface area contributed by atoms with E-state index in [4.69, 9.17) is 5.11 Å². The van der Waals surface area contributed by atoms with Crippen molar-refractivity contribution in [2.24, 2.45) is 5.41 Å². The molecule has 0 saturated heterocycles. The number of carboxylic acid groups (broad SMARTS) is 1. The van der Waals surface area contributed by atoms with E-state index in [1.807, 2.05) is 0 Å². The van der Waals surface area contributed by atoms with E-state index in [9.17, 15) is 4.79 Å². The summed E-state index contributed by atoms with van der Waals surface area (Å²) >= 11 is 0. The molecule has 72 valence electrons. The summed E-state index contributed by atoms with van der Waals surface area (Å²) in [5, 5.41) is 8.80. The van der Waals surface area contributed by atoms with Gasteiger partial charge in [-0.3, -0.25) is 4.79 Å². The third kappa shape index (κ3) is 4.37. The highest BCUT2D eigenvalue weighted by Crippen LogP contribution is 2.23. The maximum Gasteiger partial charge on any atom is 0.309 e. The Morgan fingerprint density at radius 2 is 1.83 bits per heavy atom. The SMILES string of the molecule is CCCCCCC(C)(C)C(=O)O. The van der Waals surface area contributed by atoms with E-state index in [1.54, 1.807) is 13.8 Å². The van der Waals surface area contributed by atoms with Gasteiger partial charge >= 0.3 is 5.97 Å². The number of rotatable bonds is 6. The lowest BCUT2D eigenvalue weighted by molar-refractivity contribution is -0.147. The summed E-state index contributed by atoms with van der Waals surface area (Å²) in [5.41, 5.74) is -0.534. The first-order valence-electron chi connectivity index (χ1n) is 4.74. The number of carbonyl (C=O) groups is 1. The van der Waals surface area contributed by atoms with Crippen molar-refractivity contribution >= 4 is 5.97 Å². The van der Waals surface area contributed by atoms with Crippen LogP contribution in [0.5, 0.6) is 0 Å². The molecule has 0 rings (SSSR count). The van der Waals surface area contributed by atoms with Crippen molar-refractivity contribution in [1.29, 1.82) is 0 Å². The van der Waals surface area contributed by atoms with Crippen molar-refractivity contribution in [1.82, 2.24) is 0 Å². The smallest absolute Gasteiger partial charge is 0.309 e. The van der Waals surface area contributed by atoms with Crippen LogP contribution in [0.2, 0.25) is 0 Å². The van der Waals surface area contributed by atoms with Gasteiger partial charge in [-0.05, 0) is 20.3 Å². The third-order valence-electron chi connectivity index (χ3n) is 2.23. The number of hydrogen-bond donors (Lipinski definition) is 1. The monoisotopic (exact) mass is 172 g/mol. The minimum atomic E-state index is -0.681. The molecule has 0 amide bonds. The maximum absolute atomic E-state index is 10.7. The van der Waals surface area contributed by atoms with E-state index < -0.39 is 11.4 Å². The first-order chi connectivity index (χ1) is 5.50. The normalized spacial score (nSPS) is 11.6. The van der Waals surface area contributed by atoms with Crippen LogP contribution in [0, 0.1) is 5.41 Å². The molecule has 0 aromatic rings. The van der Waals surface area contributed by atoms with Gasteiger partial charge in [0.25, 0.3) is 0 Å². The fourth-order valence-corrected chi connectivity index (χ4v) is 1.10. The van der Waals surface area contributed by atoms with Crippen LogP contribution in [0.25, 0.3) is 0 Å². The van der Waals surface area contributed by atoms with E-state index in [-0.39, 0.29) is 0 Å². The van der Waals surface area contributed by atoms with Crippen LogP contribution in [0.4, 0.5) is 0 Å². The quantitative estimate of drug-likeness (QED) is 0.625. The largest absolute Gasteiger partial charge is 0.481 e. The fourth-order valence-electron chi connectivity index (χ4n) is 1.10. The van der Waals surface area contributed by atoms with Crippen LogP contribution in [0.1, 0.15) is 52.9 Å². The first-order valence-corrected chi connectivity index (χ1v) is 4.74. The summed E-state index contributed by atoms with van der Waals surface area (Å²) in [6.07, 6.45) is 5.41. The third-order valence-corrected chi connectivity index (χ3v) is 2.23. The summed E-state index contributed by atoms with van der Waals surface area (Å²) < 4.78 is 0. The predicted molar refractivity (Wildman–Crippen MR) is 50.2 cm³/mol. The minimum Gasteiger partial charge on any atom is -0.481 e. The summed E-state index contributed by atoms with van der Waals surface area (Å²) in [6.45, 7) is 5.74. The van der Waals surface area contributed by atoms with Crippen molar-refractivity contribution in [3.05, 3.63) is 0 Å². The van der Waals surface area contributed by atoms with E-state index >= 15 is 0 Å². The molecule has 0 aromatic heterocycles. The zero-order chi connectivity index (χ0) is 9.61. The summed E-state index contributed by atoms with van der Waals surface area (Å²) in [5.74, 6) is -0.681. The zero-order valence-corrected chi connectivity index (χ0v) is 8.39. The van der Waals surface area contributed by atoms with Crippen LogP contribution in [0.15, 0.2) is 0 Å².